The molecule has 0 saturated carbocycles. The van der Waals surface area contributed by atoms with Crippen molar-refractivity contribution in [2.75, 3.05) is 20.2 Å². The first-order valence-electron chi connectivity index (χ1n) is 8.30. The predicted molar refractivity (Wildman–Crippen MR) is 96.3 cm³/mol. The van der Waals surface area contributed by atoms with E-state index in [0.717, 1.165) is 11.4 Å². The summed E-state index contributed by atoms with van der Waals surface area (Å²) in [4.78, 5) is 30.0. The number of imidazole rings is 1. The maximum absolute atomic E-state index is 12.7. The molecule has 26 heavy (non-hydrogen) atoms. The van der Waals surface area contributed by atoms with Gasteiger partial charge in [-0.2, -0.15) is 0 Å². The fraction of sp³-hybridized carbons (Fsp3) is 0.316. The van der Waals surface area contributed by atoms with Crippen LogP contribution in [0, 0.1) is 0 Å². The molecule has 1 aliphatic rings. The van der Waals surface area contributed by atoms with Crippen molar-refractivity contribution in [2.24, 2.45) is 7.05 Å². The Morgan fingerprint density at radius 2 is 2.04 bits per heavy atom. The van der Waals surface area contributed by atoms with E-state index < -0.39 is 5.60 Å². The summed E-state index contributed by atoms with van der Waals surface area (Å²) >= 11 is 0. The monoisotopic (exact) mass is 354 g/mol. The van der Waals surface area contributed by atoms with Crippen molar-refractivity contribution < 1.29 is 14.3 Å². The number of aryl methyl sites for hydroxylation is 1. The topological polar surface area (TPSA) is 76.5 Å². The predicted octanol–water partition coefficient (Wildman–Crippen LogP) is 1.22. The smallest absolute Gasteiger partial charge is 0.254 e. The van der Waals surface area contributed by atoms with Crippen LogP contribution in [0.3, 0.4) is 0 Å². The highest BCUT2D eigenvalue weighted by atomic mass is 16.5. The number of nitrogens with zero attached hydrogens (tertiary/aromatic N) is 3. The quantitative estimate of drug-likeness (QED) is 0.792. The Kier molecular flexibility index (Phi) is 4.90. The Morgan fingerprint density at radius 1 is 1.35 bits per heavy atom. The van der Waals surface area contributed by atoms with Crippen molar-refractivity contribution in [2.45, 2.75) is 12.1 Å². The minimum atomic E-state index is -0.553. The summed E-state index contributed by atoms with van der Waals surface area (Å²) in [6.45, 7) is 4.73. The zero-order valence-electron chi connectivity index (χ0n) is 14.9. The highest BCUT2D eigenvalue weighted by molar-refractivity contribution is 5.95. The number of ether oxygens (including phenoxy) is 1. The van der Waals surface area contributed by atoms with Crippen LogP contribution in [0.5, 0.6) is 0 Å². The van der Waals surface area contributed by atoms with Crippen molar-refractivity contribution in [3.05, 3.63) is 66.3 Å². The molecule has 1 aliphatic heterocycles. The van der Waals surface area contributed by atoms with Crippen molar-refractivity contribution in [3.63, 3.8) is 0 Å². The number of methoxy groups -OCH3 is 1. The highest BCUT2D eigenvalue weighted by Gasteiger charge is 2.49. The fourth-order valence-electron chi connectivity index (χ4n) is 3.09. The molecule has 0 spiro atoms. The molecule has 2 amide bonds. The van der Waals surface area contributed by atoms with Crippen molar-refractivity contribution in [1.82, 2.24) is 19.8 Å². The Hall–Kier alpha value is -2.93. The first kappa shape index (κ1) is 17.9. The Bertz CT molecular complexity index is 820. The summed E-state index contributed by atoms with van der Waals surface area (Å²) in [6.07, 6.45) is 4.82. The summed E-state index contributed by atoms with van der Waals surface area (Å²) in [5.74, 6) is 0.543. The van der Waals surface area contributed by atoms with Crippen LogP contribution in [0.15, 0.2) is 49.3 Å². The van der Waals surface area contributed by atoms with Gasteiger partial charge >= 0.3 is 0 Å². The molecule has 2 heterocycles. The van der Waals surface area contributed by atoms with Gasteiger partial charge in [0, 0.05) is 38.7 Å². The molecule has 0 unspecified atom stereocenters. The molecule has 0 radical (unpaired) electrons. The Balaban J connectivity index is 1.63. The van der Waals surface area contributed by atoms with Crippen molar-refractivity contribution in [1.29, 1.82) is 0 Å². The molecular weight excluding hydrogens is 332 g/mol. The zero-order chi connectivity index (χ0) is 18.7. The summed E-state index contributed by atoms with van der Waals surface area (Å²) in [6, 6.07) is 7.20. The van der Waals surface area contributed by atoms with Crippen LogP contribution in [-0.2, 0) is 28.7 Å². The summed E-state index contributed by atoms with van der Waals surface area (Å²) < 4.78 is 7.59. The molecule has 3 rings (SSSR count). The fourth-order valence-corrected chi connectivity index (χ4v) is 3.09. The van der Waals surface area contributed by atoms with Gasteiger partial charge in [0.25, 0.3) is 5.91 Å². The van der Waals surface area contributed by atoms with Gasteiger partial charge in [0.2, 0.25) is 5.91 Å². The lowest BCUT2D eigenvalue weighted by atomic mass is 9.91. The second-order valence-electron chi connectivity index (χ2n) is 6.34. The molecule has 0 atom stereocenters. The molecule has 1 N–H and O–H groups in total. The maximum atomic E-state index is 12.7. The molecule has 7 heteroatoms. The first-order valence-corrected chi connectivity index (χ1v) is 8.30. The Morgan fingerprint density at radius 3 is 2.58 bits per heavy atom. The van der Waals surface area contributed by atoms with Gasteiger partial charge in [0.1, 0.15) is 5.82 Å². The normalized spacial score (nSPS) is 15.2. The molecular formula is C19H22N4O3. The van der Waals surface area contributed by atoms with Gasteiger partial charge in [-0.1, -0.05) is 18.7 Å². The maximum Gasteiger partial charge on any atom is 0.254 e. The van der Waals surface area contributed by atoms with Gasteiger partial charge in [-0.3, -0.25) is 9.59 Å². The lowest BCUT2D eigenvalue weighted by molar-refractivity contribution is -0.121. The van der Waals surface area contributed by atoms with Crippen LogP contribution in [0.1, 0.15) is 21.7 Å². The molecule has 1 aromatic carbocycles. The second kappa shape index (κ2) is 7.13. The molecule has 0 bridgehead atoms. The van der Waals surface area contributed by atoms with Crippen LogP contribution in [-0.4, -0.2) is 46.5 Å². The zero-order valence-corrected chi connectivity index (χ0v) is 14.9. The lowest BCUT2D eigenvalue weighted by Gasteiger charge is -2.48. The number of likely N-dealkylation sites (tertiary alicyclic amines) is 1. The number of nitrogens with one attached hydrogen (secondary N) is 1. The molecule has 7 nitrogen and oxygen atoms in total. The van der Waals surface area contributed by atoms with E-state index in [1.165, 1.54) is 6.08 Å². The summed E-state index contributed by atoms with van der Waals surface area (Å²) in [7, 11) is 3.56. The summed E-state index contributed by atoms with van der Waals surface area (Å²) in [5.41, 5.74) is 0.968. The van der Waals surface area contributed by atoms with Gasteiger partial charge in [-0.25, -0.2) is 4.98 Å². The second-order valence-corrected chi connectivity index (χ2v) is 6.34. The van der Waals surface area contributed by atoms with E-state index in [1.54, 1.807) is 30.3 Å². The Labute approximate surface area is 152 Å². The van der Waals surface area contributed by atoms with Gasteiger partial charge in [-0.15, -0.1) is 0 Å². The number of hydrogen-bond donors (Lipinski definition) is 1. The largest absolute Gasteiger partial charge is 0.367 e. The third-order valence-corrected chi connectivity index (χ3v) is 4.65. The van der Waals surface area contributed by atoms with E-state index >= 15 is 0 Å². The minimum Gasteiger partial charge on any atom is -0.367 e. The number of benzene rings is 1. The van der Waals surface area contributed by atoms with Crippen molar-refractivity contribution >= 4 is 11.8 Å². The first-order chi connectivity index (χ1) is 12.5. The molecule has 1 fully saturated rings. The third-order valence-electron chi connectivity index (χ3n) is 4.65. The van der Waals surface area contributed by atoms with Crippen LogP contribution in [0.4, 0.5) is 0 Å². The van der Waals surface area contributed by atoms with Crippen LogP contribution < -0.4 is 5.32 Å². The highest BCUT2D eigenvalue weighted by Crippen LogP contribution is 2.34. The van der Waals surface area contributed by atoms with Crippen LogP contribution in [0.2, 0.25) is 0 Å². The number of amides is 2. The third kappa shape index (κ3) is 3.25. The van der Waals surface area contributed by atoms with Crippen LogP contribution >= 0.6 is 0 Å². The number of carbonyl (C=O) groups excluding carboxylic acids is 2. The lowest BCUT2D eigenvalue weighted by Crippen LogP contribution is -2.63. The van der Waals surface area contributed by atoms with E-state index in [0.29, 0.717) is 25.2 Å². The molecule has 1 saturated heterocycles. The minimum absolute atomic E-state index is 0.0476. The number of rotatable bonds is 6. The van der Waals surface area contributed by atoms with E-state index in [4.69, 9.17) is 4.74 Å². The standard InChI is InChI=1S/C19H22N4O3/c1-4-16(24)21-11-14-5-7-15(8-6-14)17(25)23-12-19(13-23,26-3)18-20-9-10-22(18)2/h4-10H,1,11-13H2,2-3H3,(H,21,24). The van der Waals surface area contributed by atoms with E-state index in [-0.39, 0.29) is 11.8 Å². The molecule has 2 aromatic rings. The van der Waals surface area contributed by atoms with Gasteiger partial charge in [0.05, 0.1) is 13.1 Å². The number of carbonyl (C=O) groups is 2. The van der Waals surface area contributed by atoms with E-state index in [1.807, 2.05) is 29.9 Å². The summed E-state index contributed by atoms with van der Waals surface area (Å²) in [5, 5.41) is 2.70. The average molecular weight is 354 g/mol. The van der Waals surface area contributed by atoms with E-state index in [9.17, 15) is 9.59 Å². The van der Waals surface area contributed by atoms with Gasteiger partial charge in [-0.05, 0) is 23.8 Å². The molecule has 0 aliphatic carbocycles. The van der Waals surface area contributed by atoms with Gasteiger partial charge < -0.3 is 19.5 Å². The number of hydrogen-bond acceptors (Lipinski definition) is 4. The molecule has 136 valence electrons. The SMILES string of the molecule is C=CC(=O)NCc1ccc(C(=O)N2CC(OC)(c3nccn3C)C2)cc1. The number of aromatic nitrogens is 2. The molecule has 1 aromatic heterocycles. The average Bonchev–Trinajstić information content (AvgIpc) is 3.06. The van der Waals surface area contributed by atoms with Gasteiger partial charge in [0.15, 0.2) is 5.60 Å². The van der Waals surface area contributed by atoms with Crippen molar-refractivity contribution in [3.8, 4) is 0 Å². The van der Waals surface area contributed by atoms with Crippen LogP contribution in [0.25, 0.3) is 0 Å². The van der Waals surface area contributed by atoms with E-state index in [2.05, 4.69) is 16.9 Å².